The molecule has 3 aromatic heterocycles. The summed E-state index contributed by atoms with van der Waals surface area (Å²) in [6.07, 6.45) is 1.19. The smallest absolute Gasteiger partial charge is 0.305 e. The molecule has 0 amide bonds. The van der Waals surface area contributed by atoms with Gasteiger partial charge in [0.1, 0.15) is 0 Å². The summed E-state index contributed by atoms with van der Waals surface area (Å²) in [7, 11) is 2.74. The molecule has 3 aromatic rings. The van der Waals surface area contributed by atoms with E-state index < -0.39 is 0 Å². The summed E-state index contributed by atoms with van der Waals surface area (Å²) in [5, 5.41) is 22.8. The van der Waals surface area contributed by atoms with Gasteiger partial charge in [-0.15, -0.1) is 0 Å². The van der Waals surface area contributed by atoms with Crippen molar-refractivity contribution in [1.82, 2.24) is 19.9 Å². The van der Waals surface area contributed by atoms with Gasteiger partial charge in [-0.3, -0.25) is 9.59 Å². The second kappa shape index (κ2) is 12.7. The van der Waals surface area contributed by atoms with Crippen LogP contribution in [0, 0.1) is 13.8 Å². The minimum Gasteiger partial charge on any atom is -0.512 e. The van der Waals surface area contributed by atoms with Gasteiger partial charge in [0, 0.05) is 34.3 Å². The van der Waals surface area contributed by atoms with E-state index in [0.29, 0.717) is 57.1 Å². The predicted molar refractivity (Wildman–Crippen MR) is 181 cm³/mol. The normalized spacial score (nSPS) is 14.4. The molecule has 5 heterocycles. The second-order valence-electron chi connectivity index (χ2n) is 11.8. The number of allylic oxidation sites excluding steroid dienone is 4. The molecule has 0 aliphatic carbocycles. The molecule has 0 atom stereocenters. The maximum Gasteiger partial charge on any atom is 0.305 e. The Morgan fingerprint density at radius 3 is 1.43 bits per heavy atom. The molecule has 2 aliphatic rings. The molecule has 4 N–H and O–H groups in total. The van der Waals surface area contributed by atoms with Gasteiger partial charge in [0.25, 0.3) is 0 Å². The van der Waals surface area contributed by atoms with Crippen molar-refractivity contribution in [2.24, 2.45) is 0 Å². The van der Waals surface area contributed by atoms with E-state index in [1.165, 1.54) is 14.2 Å². The minimum atomic E-state index is -0.323. The number of fused-ring (bicyclic) bond motifs is 8. The van der Waals surface area contributed by atoms with Gasteiger partial charge in [-0.2, -0.15) is 0 Å². The predicted octanol–water partition coefficient (Wildman–Crippen LogP) is 6.07. The zero-order valence-electron chi connectivity index (χ0n) is 27.6. The van der Waals surface area contributed by atoms with Crippen molar-refractivity contribution in [3.8, 4) is 0 Å². The fraction of sp³-hybridized carbons (Fsp3) is 0.333. The van der Waals surface area contributed by atoms with E-state index in [9.17, 15) is 19.8 Å². The van der Waals surface area contributed by atoms with Crippen LogP contribution in [0.25, 0.3) is 55.9 Å². The summed E-state index contributed by atoms with van der Waals surface area (Å²) < 4.78 is 9.85. The largest absolute Gasteiger partial charge is 0.512 e. The molecule has 240 valence electrons. The van der Waals surface area contributed by atoms with E-state index in [2.05, 4.69) is 9.97 Å². The van der Waals surface area contributed by atoms with Crippen molar-refractivity contribution >= 4 is 67.8 Å². The quantitative estimate of drug-likeness (QED) is 0.241. The summed E-state index contributed by atoms with van der Waals surface area (Å²) in [6, 6.07) is 7.68. The van der Waals surface area contributed by atoms with E-state index in [1.54, 1.807) is 13.8 Å². The lowest BCUT2D eigenvalue weighted by Gasteiger charge is -2.06. The minimum absolute atomic E-state index is 0.153. The maximum absolute atomic E-state index is 12.2. The molecule has 2 aliphatic heterocycles. The Labute approximate surface area is 266 Å². The van der Waals surface area contributed by atoms with Gasteiger partial charge in [0.15, 0.2) is 0 Å². The number of aromatic amines is 2. The lowest BCUT2D eigenvalue weighted by atomic mass is 9.98. The van der Waals surface area contributed by atoms with Crippen LogP contribution < -0.4 is 10.4 Å². The molecule has 0 aromatic carbocycles. The molecule has 5 rings (SSSR count). The van der Waals surface area contributed by atoms with Crippen LogP contribution in [0.5, 0.6) is 0 Å². The third-order valence-corrected chi connectivity index (χ3v) is 8.87. The molecule has 0 spiro atoms. The lowest BCUT2D eigenvalue weighted by Crippen LogP contribution is -2.06. The van der Waals surface area contributed by atoms with Gasteiger partial charge < -0.3 is 29.7 Å². The number of hydrogen-bond donors (Lipinski definition) is 4. The Kier molecular flexibility index (Phi) is 8.92. The molecular formula is C36H40N4O6. The summed E-state index contributed by atoms with van der Waals surface area (Å²) in [6.45, 7) is 11.1. The average Bonchev–Trinajstić information content (AvgIpc) is 3.67. The Hall–Kier alpha value is -5.12. The Bertz CT molecular complexity index is 2140. The van der Waals surface area contributed by atoms with Gasteiger partial charge in [-0.1, -0.05) is 0 Å². The molecule has 46 heavy (non-hydrogen) atoms. The molecule has 0 unspecified atom stereocenters. The monoisotopic (exact) mass is 624 g/mol. The van der Waals surface area contributed by atoms with E-state index >= 15 is 0 Å². The Morgan fingerprint density at radius 2 is 1.02 bits per heavy atom. The third-order valence-electron chi connectivity index (χ3n) is 8.87. The Morgan fingerprint density at radius 1 is 0.630 bits per heavy atom. The van der Waals surface area contributed by atoms with Gasteiger partial charge in [-0.25, -0.2) is 9.97 Å². The van der Waals surface area contributed by atoms with Crippen molar-refractivity contribution in [3.63, 3.8) is 0 Å². The van der Waals surface area contributed by atoms with Gasteiger partial charge in [0.05, 0.1) is 59.5 Å². The number of aliphatic hydroxyl groups is 2. The number of rotatable bonds is 6. The summed E-state index contributed by atoms with van der Waals surface area (Å²) in [5.41, 5.74) is 10.9. The van der Waals surface area contributed by atoms with Crippen molar-refractivity contribution in [1.29, 1.82) is 0 Å². The molecular weight excluding hydrogens is 584 g/mol. The first-order valence-corrected chi connectivity index (χ1v) is 15.2. The van der Waals surface area contributed by atoms with E-state index in [1.807, 2.05) is 52.0 Å². The SMILES string of the molecule is COC(=O)CCC1=C(C)c2cc3[nH]c(cc4[nH]c(cc5nc(cc1n2)C(CCC(=O)OC)=C5C)c(=C(C)O)c4C)c(=C(C)O)c3C. The lowest BCUT2D eigenvalue weighted by molar-refractivity contribution is -0.141. The zero-order chi connectivity index (χ0) is 33.4. The number of carbonyl (C=O) groups is 2. The van der Waals surface area contributed by atoms with Crippen LogP contribution >= 0.6 is 0 Å². The summed E-state index contributed by atoms with van der Waals surface area (Å²) in [4.78, 5) is 41.3. The fourth-order valence-corrected chi connectivity index (χ4v) is 6.33. The maximum atomic E-state index is 12.2. The number of aromatic nitrogens is 4. The zero-order valence-corrected chi connectivity index (χ0v) is 27.6. The molecule has 10 nitrogen and oxygen atoms in total. The first kappa shape index (κ1) is 32.3. The van der Waals surface area contributed by atoms with Crippen LogP contribution in [0.1, 0.15) is 87.3 Å². The number of hydrogen-bond acceptors (Lipinski definition) is 8. The van der Waals surface area contributed by atoms with Crippen molar-refractivity contribution < 1.29 is 29.3 Å². The van der Waals surface area contributed by atoms with Gasteiger partial charge >= 0.3 is 11.9 Å². The highest BCUT2D eigenvalue weighted by atomic mass is 16.5. The van der Waals surface area contributed by atoms with Crippen LogP contribution in [0.3, 0.4) is 0 Å². The molecule has 0 fully saturated rings. The number of aliphatic hydroxyl groups excluding tert-OH is 2. The molecule has 0 radical (unpaired) electrons. The van der Waals surface area contributed by atoms with E-state index in [4.69, 9.17) is 19.4 Å². The summed E-state index contributed by atoms with van der Waals surface area (Å²) >= 11 is 0. The first-order chi connectivity index (χ1) is 21.8. The average molecular weight is 625 g/mol. The number of methoxy groups -OCH3 is 2. The molecule has 0 saturated heterocycles. The van der Waals surface area contributed by atoms with Gasteiger partial charge in [0.2, 0.25) is 0 Å². The highest BCUT2D eigenvalue weighted by Gasteiger charge is 2.23. The standard InChI is InChI=1S/C36H40N4O6/c1-17-23(9-11-33(43)45-7)29-16-30-24(10-12-34(44)46-8)18(2)26(38-30)14-31-36(22(6)42)20(4)28(40-31)15-32-35(21(5)41)19(3)27(39-32)13-25(17)37-29/h13-16,39-42H,9-12H2,1-8H3. The van der Waals surface area contributed by atoms with Crippen molar-refractivity contribution in [2.45, 2.75) is 67.2 Å². The topological polar surface area (TPSA) is 150 Å². The Balaban J connectivity index is 1.95. The van der Waals surface area contributed by atoms with Crippen LogP contribution in [-0.4, -0.2) is 56.3 Å². The van der Waals surface area contributed by atoms with Crippen LogP contribution in [0.15, 0.2) is 24.3 Å². The van der Waals surface area contributed by atoms with Crippen molar-refractivity contribution in [2.75, 3.05) is 14.2 Å². The van der Waals surface area contributed by atoms with Crippen LogP contribution in [0.4, 0.5) is 0 Å². The highest BCUT2D eigenvalue weighted by molar-refractivity contribution is 5.96. The number of ether oxygens (including phenoxy) is 2. The number of aryl methyl sites for hydroxylation is 2. The number of carbonyl (C=O) groups excluding carboxylic acids is 2. The second-order valence-corrected chi connectivity index (χ2v) is 11.8. The van der Waals surface area contributed by atoms with Crippen LogP contribution in [-0.2, 0) is 19.1 Å². The molecule has 10 heteroatoms. The number of nitrogens with one attached hydrogen (secondary N) is 2. The third kappa shape index (κ3) is 5.94. The summed E-state index contributed by atoms with van der Waals surface area (Å²) in [5.74, 6) is -0.321. The highest BCUT2D eigenvalue weighted by Crippen LogP contribution is 2.37. The number of nitrogens with zero attached hydrogens (tertiary/aromatic N) is 2. The number of esters is 2. The fourth-order valence-electron chi connectivity index (χ4n) is 6.33. The first-order valence-electron chi connectivity index (χ1n) is 15.2. The van der Waals surface area contributed by atoms with Crippen LogP contribution in [0.2, 0.25) is 0 Å². The van der Waals surface area contributed by atoms with Crippen molar-refractivity contribution in [3.05, 3.63) is 68.6 Å². The number of H-pyrrole nitrogens is 2. The molecule has 8 bridgehead atoms. The van der Waals surface area contributed by atoms with Gasteiger partial charge in [-0.05, 0) is 112 Å². The van der Waals surface area contributed by atoms with E-state index in [-0.39, 0.29) is 36.3 Å². The van der Waals surface area contributed by atoms with E-state index in [0.717, 1.165) is 44.5 Å². The molecule has 0 saturated carbocycles.